The van der Waals surface area contributed by atoms with Crippen molar-refractivity contribution in [1.29, 1.82) is 0 Å². The number of nitrogens with zero attached hydrogens (tertiary/aromatic N) is 1. The molecule has 7 heteroatoms. The largest absolute Gasteiger partial charge is 0.497 e. The number of amides is 2. The summed E-state index contributed by atoms with van der Waals surface area (Å²) in [7, 11) is 3.22. The van der Waals surface area contributed by atoms with Crippen LogP contribution in [0.15, 0.2) is 72.1 Å². The minimum Gasteiger partial charge on any atom is -0.497 e. The van der Waals surface area contributed by atoms with Crippen LogP contribution in [0.2, 0.25) is 0 Å². The van der Waals surface area contributed by atoms with E-state index in [1.807, 2.05) is 35.0 Å². The lowest BCUT2D eigenvalue weighted by atomic mass is 10.1. The number of likely N-dealkylation sites (N-methyl/N-ethyl adjacent to an activating group) is 1. The lowest BCUT2D eigenvalue weighted by molar-refractivity contribution is -0.676. The molecule has 0 spiro atoms. The predicted molar refractivity (Wildman–Crippen MR) is 119 cm³/mol. The second-order valence-electron chi connectivity index (χ2n) is 6.87. The summed E-state index contributed by atoms with van der Waals surface area (Å²) in [6, 6.07) is 21.4. The quantitative estimate of drug-likeness (QED) is 0.554. The van der Waals surface area contributed by atoms with Crippen molar-refractivity contribution in [3.63, 3.8) is 0 Å². The van der Waals surface area contributed by atoms with E-state index < -0.39 is 0 Å². The molecule has 30 heavy (non-hydrogen) atoms. The van der Waals surface area contributed by atoms with Crippen LogP contribution >= 0.6 is 11.3 Å². The molecular formula is C23H26N3O3S+. The zero-order valence-corrected chi connectivity index (χ0v) is 17.9. The van der Waals surface area contributed by atoms with Gasteiger partial charge in [-0.3, -0.25) is 9.59 Å². The van der Waals surface area contributed by atoms with E-state index in [0.29, 0.717) is 11.4 Å². The molecule has 0 unspecified atom stereocenters. The Kier molecular flexibility index (Phi) is 7.59. The number of carbonyl (C=O) groups excluding carboxylic acids is 2. The van der Waals surface area contributed by atoms with Crippen molar-refractivity contribution in [2.75, 3.05) is 32.6 Å². The Morgan fingerprint density at radius 1 is 1.10 bits per heavy atom. The maximum absolute atomic E-state index is 12.6. The van der Waals surface area contributed by atoms with Crippen molar-refractivity contribution in [1.82, 2.24) is 4.90 Å². The van der Waals surface area contributed by atoms with E-state index in [-0.39, 0.29) is 30.9 Å². The number of nitrogens with one attached hydrogen (secondary N) is 1. The molecule has 6 nitrogen and oxygen atoms in total. The second-order valence-corrected chi connectivity index (χ2v) is 7.85. The summed E-state index contributed by atoms with van der Waals surface area (Å²) >= 11 is 1.67. The lowest BCUT2D eigenvalue weighted by Crippen LogP contribution is -2.87. The molecule has 1 atom stereocenters. The molecule has 0 saturated carbocycles. The van der Waals surface area contributed by atoms with Crippen LogP contribution in [0.3, 0.4) is 0 Å². The molecule has 0 aliphatic carbocycles. The first kappa shape index (κ1) is 21.5. The van der Waals surface area contributed by atoms with Gasteiger partial charge >= 0.3 is 0 Å². The van der Waals surface area contributed by atoms with Crippen LogP contribution in [-0.4, -0.2) is 44.0 Å². The van der Waals surface area contributed by atoms with Gasteiger partial charge in [-0.15, -0.1) is 11.3 Å². The van der Waals surface area contributed by atoms with E-state index in [9.17, 15) is 9.59 Å². The molecule has 0 saturated heterocycles. The zero-order valence-electron chi connectivity index (χ0n) is 17.1. The van der Waals surface area contributed by atoms with Crippen LogP contribution in [0, 0.1) is 0 Å². The van der Waals surface area contributed by atoms with E-state index in [1.54, 1.807) is 49.8 Å². The van der Waals surface area contributed by atoms with Crippen molar-refractivity contribution in [3.8, 4) is 5.75 Å². The van der Waals surface area contributed by atoms with Crippen LogP contribution in [-0.2, 0) is 9.59 Å². The molecule has 0 bridgehead atoms. The van der Waals surface area contributed by atoms with Crippen LogP contribution < -0.4 is 15.4 Å². The summed E-state index contributed by atoms with van der Waals surface area (Å²) in [5.41, 5.74) is 1.78. The van der Waals surface area contributed by atoms with Crippen LogP contribution in [0.5, 0.6) is 5.75 Å². The molecule has 1 heterocycles. The fraction of sp³-hybridized carbons (Fsp3) is 0.217. The number of ether oxygens (including phenoxy) is 1. The van der Waals surface area contributed by atoms with Gasteiger partial charge in [-0.25, -0.2) is 0 Å². The highest BCUT2D eigenvalue weighted by Crippen LogP contribution is 2.22. The molecule has 0 radical (unpaired) electrons. The summed E-state index contributed by atoms with van der Waals surface area (Å²) in [6.07, 6.45) is 0. The number of hydrogen-bond acceptors (Lipinski definition) is 4. The minimum atomic E-state index is -0.253. The van der Waals surface area contributed by atoms with Gasteiger partial charge in [0.2, 0.25) is 5.91 Å². The van der Waals surface area contributed by atoms with E-state index in [2.05, 4.69) is 23.5 Å². The molecule has 0 fully saturated rings. The van der Waals surface area contributed by atoms with Crippen molar-refractivity contribution in [3.05, 3.63) is 82.6 Å². The highest BCUT2D eigenvalue weighted by atomic mass is 32.1. The van der Waals surface area contributed by atoms with Gasteiger partial charge in [0, 0.05) is 24.4 Å². The van der Waals surface area contributed by atoms with E-state index in [0.717, 1.165) is 5.56 Å². The molecular weight excluding hydrogens is 398 g/mol. The summed E-state index contributed by atoms with van der Waals surface area (Å²) in [4.78, 5) is 27.6. The fourth-order valence-corrected chi connectivity index (χ4v) is 3.97. The average Bonchev–Trinajstić information content (AvgIpc) is 3.29. The molecule has 2 aromatic carbocycles. The zero-order chi connectivity index (χ0) is 21.3. The Bertz CT molecular complexity index is 961. The summed E-state index contributed by atoms with van der Waals surface area (Å²) in [5, 5.41) is 6.85. The Labute approximate surface area is 180 Å². The van der Waals surface area contributed by atoms with E-state index in [4.69, 9.17) is 4.74 Å². The third kappa shape index (κ3) is 5.92. The number of nitrogens with two attached hydrogens (primary N) is 1. The van der Waals surface area contributed by atoms with Crippen LogP contribution in [0.4, 0.5) is 5.69 Å². The Morgan fingerprint density at radius 3 is 2.60 bits per heavy atom. The third-order valence-corrected chi connectivity index (χ3v) is 5.65. The number of methoxy groups -OCH3 is 1. The summed E-state index contributed by atoms with van der Waals surface area (Å²) < 4.78 is 5.16. The number of rotatable bonds is 9. The Morgan fingerprint density at radius 2 is 1.90 bits per heavy atom. The Hall–Kier alpha value is -3.16. The van der Waals surface area contributed by atoms with Gasteiger partial charge < -0.3 is 20.3 Å². The summed E-state index contributed by atoms with van der Waals surface area (Å²) in [5.74, 6) is 0.303. The van der Waals surface area contributed by atoms with Crippen molar-refractivity contribution in [2.24, 2.45) is 0 Å². The first-order chi connectivity index (χ1) is 14.6. The fourth-order valence-electron chi connectivity index (χ4n) is 3.12. The standard InChI is InChI=1S/C23H25N3O3S/c1-26(16-21(27)25-18-10-6-11-19(14-18)29-2)22(28)15-24-23(20-12-7-13-30-20)17-8-4-3-5-9-17/h3-14,23-24H,15-16H2,1-2H3,(H,25,27)/p+1/t23-/m0/s1. The average molecular weight is 425 g/mol. The number of quaternary nitrogens is 1. The highest BCUT2D eigenvalue weighted by molar-refractivity contribution is 7.10. The van der Waals surface area contributed by atoms with Crippen LogP contribution in [0.1, 0.15) is 16.5 Å². The molecule has 0 aliphatic heterocycles. The number of carbonyl (C=O) groups is 2. The van der Waals surface area contributed by atoms with Gasteiger partial charge in [-0.05, 0) is 23.6 Å². The number of thiophene rings is 1. The van der Waals surface area contributed by atoms with E-state index >= 15 is 0 Å². The normalized spacial score (nSPS) is 11.5. The molecule has 3 rings (SSSR count). The lowest BCUT2D eigenvalue weighted by Gasteiger charge is -2.19. The van der Waals surface area contributed by atoms with Crippen molar-refractivity contribution >= 4 is 28.8 Å². The Balaban J connectivity index is 1.55. The molecule has 2 amide bonds. The number of hydrogen-bond donors (Lipinski definition) is 2. The highest BCUT2D eigenvalue weighted by Gasteiger charge is 2.22. The monoisotopic (exact) mass is 424 g/mol. The number of anilines is 1. The first-order valence-corrected chi connectivity index (χ1v) is 10.5. The van der Waals surface area contributed by atoms with Gasteiger partial charge in [0.1, 0.15) is 11.8 Å². The molecule has 3 aromatic rings. The van der Waals surface area contributed by atoms with Gasteiger partial charge in [-0.1, -0.05) is 42.5 Å². The minimum absolute atomic E-state index is 0.0150. The van der Waals surface area contributed by atoms with Gasteiger partial charge in [0.25, 0.3) is 5.91 Å². The molecule has 3 N–H and O–H groups in total. The molecule has 1 aromatic heterocycles. The predicted octanol–water partition coefficient (Wildman–Crippen LogP) is 2.51. The van der Waals surface area contributed by atoms with Gasteiger partial charge in [0.15, 0.2) is 6.54 Å². The maximum Gasteiger partial charge on any atom is 0.277 e. The summed E-state index contributed by atoms with van der Waals surface area (Å²) in [6.45, 7) is 0.235. The van der Waals surface area contributed by atoms with Crippen molar-refractivity contribution in [2.45, 2.75) is 6.04 Å². The first-order valence-electron chi connectivity index (χ1n) is 9.66. The second kappa shape index (κ2) is 10.6. The molecule has 156 valence electrons. The smallest absolute Gasteiger partial charge is 0.277 e. The number of benzene rings is 2. The molecule has 0 aliphatic rings. The topological polar surface area (TPSA) is 75.2 Å². The third-order valence-electron chi connectivity index (χ3n) is 4.70. The maximum atomic E-state index is 12.6. The van der Waals surface area contributed by atoms with Gasteiger partial charge in [-0.2, -0.15) is 0 Å². The van der Waals surface area contributed by atoms with Gasteiger partial charge in [0.05, 0.1) is 18.5 Å². The van der Waals surface area contributed by atoms with E-state index in [1.165, 1.54) is 9.78 Å². The van der Waals surface area contributed by atoms with Crippen LogP contribution in [0.25, 0.3) is 0 Å². The SMILES string of the molecule is COc1cccc(NC(=O)CN(C)C(=O)C[NH2+][C@@H](c2ccccc2)c2cccs2)c1. The van der Waals surface area contributed by atoms with Crippen molar-refractivity contribution < 1.29 is 19.6 Å².